The first-order valence-electron chi connectivity index (χ1n) is 8.21. The fourth-order valence-corrected chi connectivity index (χ4v) is 1.98. The first-order valence-corrected chi connectivity index (χ1v) is 8.21. The van der Waals surface area contributed by atoms with E-state index in [1.54, 1.807) is 26.4 Å². The zero-order valence-electron chi connectivity index (χ0n) is 15.5. The van der Waals surface area contributed by atoms with Crippen molar-refractivity contribution < 1.29 is 14.3 Å². The zero-order valence-corrected chi connectivity index (χ0v) is 15.5. The molecule has 0 aliphatic rings. The van der Waals surface area contributed by atoms with Crippen molar-refractivity contribution in [2.45, 2.75) is 46.6 Å². The number of hydrogen-bond donors (Lipinski definition) is 1. The third kappa shape index (κ3) is 5.92. The second-order valence-corrected chi connectivity index (χ2v) is 7.01. The Hall–Kier alpha value is -1.95. The Morgan fingerprint density at radius 3 is 2.62 bits per heavy atom. The lowest BCUT2D eigenvalue weighted by Crippen LogP contribution is -2.36. The normalized spacial score (nSPS) is 12.6. The number of pyridine rings is 1. The van der Waals surface area contributed by atoms with Crippen LogP contribution in [0.4, 0.5) is 10.6 Å². The van der Waals surface area contributed by atoms with Gasteiger partial charge in [-0.05, 0) is 37.4 Å². The summed E-state index contributed by atoms with van der Waals surface area (Å²) in [5.74, 6) is 0.653. The monoisotopic (exact) mass is 335 g/mol. The first-order chi connectivity index (χ1) is 11.2. The van der Waals surface area contributed by atoms with Crippen molar-refractivity contribution in [1.82, 2.24) is 10.3 Å². The molecule has 0 aliphatic carbocycles. The fourth-order valence-electron chi connectivity index (χ4n) is 1.98. The van der Waals surface area contributed by atoms with Crippen molar-refractivity contribution in [3.05, 3.63) is 23.9 Å². The van der Waals surface area contributed by atoms with E-state index in [2.05, 4.69) is 10.3 Å². The number of ketones is 1. The molecule has 0 bridgehead atoms. The Balaban J connectivity index is 2.81. The molecule has 0 saturated heterocycles. The number of Topliss-reactive ketones (excluding diaryl/α,β-unsaturated/α-hetero) is 1. The molecule has 0 spiro atoms. The third-order valence-corrected chi connectivity index (χ3v) is 4.00. The smallest absolute Gasteiger partial charge is 0.415 e. The average Bonchev–Trinajstić information content (AvgIpc) is 2.51. The number of carbonyl (C=O) groups is 2. The number of hydrogen-bond acceptors (Lipinski definition) is 5. The highest BCUT2D eigenvalue weighted by atomic mass is 16.6. The average molecular weight is 335 g/mol. The molecule has 0 saturated carbocycles. The van der Waals surface area contributed by atoms with E-state index < -0.39 is 6.09 Å². The van der Waals surface area contributed by atoms with Crippen LogP contribution in [-0.4, -0.2) is 43.6 Å². The number of amides is 1. The summed E-state index contributed by atoms with van der Waals surface area (Å²) < 4.78 is 5.52. The lowest BCUT2D eigenvalue weighted by atomic mass is 9.90. The Bertz CT molecular complexity index is 567. The van der Waals surface area contributed by atoms with E-state index in [4.69, 9.17) is 4.74 Å². The van der Waals surface area contributed by atoms with Crippen LogP contribution in [0.1, 0.15) is 39.7 Å². The zero-order chi connectivity index (χ0) is 18.3. The van der Waals surface area contributed by atoms with Crippen LogP contribution >= 0.6 is 0 Å². The van der Waals surface area contributed by atoms with Crippen LogP contribution in [-0.2, 0) is 16.0 Å². The molecule has 0 radical (unpaired) electrons. The maximum Gasteiger partial charge on any atom is 0.415 e. The molecule has 1 N–H and O–H groups in total. The van der Waals surface area contributed by atoms with Crippen molar-refractivity contribution in [2.24, 2.45) is 5.41 Å². The molecule has 0 aromatic carbocycles. The van der Waals surface area contributed by atoms with E-state index in [1.165, 1.54) is 4.90 Å². The Morgan fingerprint density at radius 1 is 1.38 bits per heavy atom. The van der Waals surface area contributed by atoms with E-state index in [0.717, 1.165) is 5.56 Å². The second kappa shape index (κ2) is 8.78. The van der Waals surface area contributed by atoms with Gasteiger partial charge in [-0.25, -0.2) is 9.78 Å². The van der Waals surface area contributed by atoms with E-state index in [-0.39, 0.29) is 17.3 Å². The number of nitrogens with one attached hydrogen (secondary N) is 1. The Labute approximate surface area is 144 Å². The number of aryl methyl sites for hydroxylation is 1. The maximum atomic E-state index is 12.4. The standard InChI is InChI=1S/C18H29N3O3/c1-13(18(2,3)4)24-17(23)21(6)16-14(8-7-11-20-16)9-10-15(22)12-19-5/h7-8,11,13,19H,9-10,12H2,1-6H3. The van der Waals surface area contributed by atoms with E-state index in [0.29, 0.717) is 25.2 Å². The van der Waals surface area contributed by atoms with Gasteiger partial charge in [0.25, 0.3) is 0 Å². The van der Waals surface area contributed by atoms with Gasteiger partial charge in [-0.1, -0.05) is 26.8 Å². The Kier molecular flexibility index (Phi) is 7.35. The molecular weight excluding hydrogens is 306 g/mol. The quantitative estimate of drug-likeness (QED) is 0.829. The summed E-state index contributed by atoms with van der Waals surface area (Å²) in [5.41, 5.74) is 0.716. The minimum Gasteiger partial charge on any atom is -0.446 e. The van der Waals surface area contributed by atoms with Gasteiger partial charge in [0, 0.05) is 19.7 Å². The van der Waals surface area contributed by atoms with E-state index in [9.17, 15) is 9.59 Å². The summed E-state index contributed by atoms with van der Waals surface area (Å²) in [7, 11) is 3.38. The Morgan fingerprint density at radius 2 is 2.04 bits per heavy atom. The summed E-state index contributed by atoms with van der Waals surface area (Å²) >= 11 is 0. The van der Waals surface area contributed by atoms with Gasteiger partial charge < -0.3 is 10.1 Å². The largest absolute Gasteiger partial charge is 0.446 e. The van der Waals surface area contributed by atoms with Gasteiger partial charge in [0.2, 0.25) is 0 Å². The van der Waals surface area contributed by atoms with E-state index >= 15 is 0 Å². The van der Waals surface area contributed by atoms with Crippen LogP contribution in [0.3, 0.4) is 0 Å². The number of nitrogens with zero attached hydrogens (tertiary/aromatic N) is 2. The van der Waals surface area contributed by atoms with Crippen LogP contribution in [0.2, 0.25) is 0 Å². The predicted molar refractivity (Wildman–Crippen MR) is 95.3 cm³/mol. The van der Waals surface area contributed by atoms with Crippen LogP contribution in [0, 0.1) is 5.41 Å². The summed E-state index contributed by atoms with van der Waals surface area (Å²) in [4.78, 5) is 29.8. The summed E-state index contributed by atoms with van der Waals surface area (Å²) in [5, 5.41) is 2.85. The van der Waals surface area contributed by atoms with Crippen LogP contribution in [0.25, 0.3) is 0 Å². The molecule has 24 heavy (non-hydrogen) atoms. The molecule has 1 rings (SSSR count). The van der Waals surface area contributed by atoms with Gasteiger partial charge in [0.15, 0.2) is 0 Å². The third-order valence-electron chi connectivity index (χ3n) is 4.00. The van der Waals surface area contributed by atoms with Crippen molar-refractivity contribution in [3.63, 3.8) is 0 Å². The van der Waals surface area contributed by atoms with Gasteiger partial charge in [0.1, 0.15) is 17.7 Å². The van der Waals surface area contributed by atoms with Gasteiger partial charge >= 0.3 is 6.09 Å². The lowest BCUT2D eigenvalue weighted by Gasteiger charge is -2.29. The highest BCUT2D eigenvalue weighted by Gasteiger charge is 2.26. The topological polar surface area (TPSA) is 71.5 Å². The van der Waals surface area contributed by atoms with Gasteiger partial charge in [-0.2, -0.15) is 0 Å². The number of carbonyl (C=O) groups excluding carboxylic acids is 2. The highest BCUT2D eigenvalue weighted by molar-refractivity contribution is 5.87. The van der Waals surface area contributed by atoms with Crippen molar-refractivity contribution in [3.8, 4) is 0 Å². The fraction of sp³-hybridized carbons (Fsp3) is 0.611. The molecule has 1 atom stereocenters. The molecule has 1 unspecified atom stereocenters. The molecule has 1 heterocycles. The molecule has 0 aliphatic heterocycles. The van der Waals surface area contributed by atoms with Crippen LogP contribution in [0.15, 0.2) is 18.3 Å². The van der Waals surface area contributed by atoms with Gasteiger partial charge in [-0.15, -0.1) is 0 Å². The summed E-state index contributed by atoms with van der Waals surface area (Å²) in [6.07, 6.45) is 1.90. The summed E-state index contributed by atoms with van der Waals surface area (Å²) in [6, 6.07) is 3.68. The molecule has 6 nitrogen and oxygen atoms in total. The number of anilines is 1. The molecule has 1 aromatic heterocycles. The molecule has 0 fully saturated rings. The number of likely N-dealkylation sites (N-methyl/N-ethyl adjacent to an activating group) is 1. The van der Waals surface area contributed by atoms with Crippen molar-refractivity contribution >= 4 is 17.7 Å². The molecule has 1 aromatic rings. The van der Waals surface area contributed by atoms with Crippen LogP contribution < -0.4 is 10.2 Å². The number of aromatic nitrogens is 1. The number of ether oxygens (including phenoxy) is 1. The molecular formula is C18H29N3O3. The molecule has 1 amide bonds. The van der Waals surface area contributed by atoms with E-state index in [1.807, 2.05) is 33.8 Å². The second-order valence-electron chi connectivity index (χ2n) is 7.01. The van der Waals surface area contributed by atoms with Crippen molar-refractivity contribution in [2.75, 3.05) is 25.5 Å². The predicted octanol–water partition coefficient (Wildman–Crippen LogP) is 2.81. The highest BCUT2D eigenvalue weighted by Crippen LogP contribution is 2.24. The SMILES string of the molecule is CNCC(=O)CCc1cccnc1N(C)C(=O)OC(C)C(C)(C)C. The lowest BCUT2D eigenvalue weighted by molar-refractivity contribution is -0.118. The van der Waals surface area contributed by atoms with Gasteiger partial charge in [-0.3, -0.25) is 9.69 Å². The minimum absolute atomic E-state index is 0.124. The van der Waals surface area contributed by atoms with Crippen LogP contribution in [0.5, 0.6) is 0 Å². The summed E-state index contributed by atoms with van der Waals surface area (Å²) in [6.45, 7) is 8.28. The molecule has 134 valence electrons. The van der Waals surface area contributed by atoms with Crippen molar-refractivity contribution in [1.29, 1.82) is 0 Å². The van der Waals surface area contributed by atoms with Gasteiger partial charge in [0.05, 0.1) is 6.54 Å². The maximum absolute atomic E-state index is 12.4. The number of rotatable bonds is 7. The minimum atomic E-state index is -0.445. The molecule has 6 heteroatoms. The first kappa shape index (κ1) is 20.1.